The third kappa shape index (κ3) is 3.52. The van der Waals surface area contributed by atoms with Gasteiger partial charge in [-0.3, -0.25) is 0 Å². The van der Waals surface area contributed by atoms with E-state index < -0.39 is 7.18 Å². The Morgan fingerprint density at radius 2 is 1.50 bits per heavy atom. The van der Waals surface area contributed by atoms with Gasteiger partial charge in [0.15, 0.2) is 0 Å². The predicted molar refractivity (Wildman–Crippen MR) is 16.2 cm³/mol. The van der Waals surface area contributed by atoms with Crippen molar-refractivity contribution in [3.05, 3.63) is 0 Å². The van der Waals surface area contributed by atoms with E-state index in [1.807, 2.05) is 0 Å². The van der Waals surface area contributed by atoms with Crippen molar-refractivity contribution in [2.24, 2.45) is 0 Å². The van der Waals surface area contributed by atoms with E-state index in [0.717, 1.165) is 0 Å². The minimum absolute atomic E-state index is 2.16. The highest BCUT2D eigenvalue weighted by Gasteiger charge is 2.43. The molecule has 36 valence electrons. The van der Waals surface area contributed by atoms with Gasteiger partial charge in [0, 0.05) is 0 Å². The number of rotatable bonds is 1. The number of hydrogen-bond acceptors (Lipinski definition) is 0. The molecule has 0 aromatic heterocycles. The smallest absolute Gasteiger partial charge is 0.458 e. The molecule has 0 atom stereocenters. The molecule has 0 N–H and O–H groups in total. The van der Waals surface area contributed by atoms with Crippen LogP contribution in [0.25, 0.3) is 0 Å². The van der Waals surface area contributed by atoms with E-state index in [1.54, 1.807) is 0 Å². The maximum absolute atomic E-state index is 10.6. The molecule has 0 aliphatic rings. The summed E-state index contributed by atoms with van der Waals surface area (Å²) in [5, 5.41) is 0. The second-order valence-corrected chi connectivity index (χ2v) is 0.681. The van der Waals surface area contributed by atoms with Crippen molar-refractivity contribution in [3.63, 3.8) is 0 Å². The van der Waals surface area contributed by atoms with E-state index in [-0.39, 0.29) is 0 Å². The van der Waals surface area contributed by atoms with Crippen LogP contribution in [0.1, 0.15) is 0 Å². The van der Waals surface area contributed by atoms with Crippen LogP contribution in [0.2, 0.25) is 0 Å². The van der Waals surface area contributed by atoms with Crippen molar-refractivity contribution in [1.29, 1.82) is 0 Å². The van der Waals surface area contributed by atoms with Crippen LogP contribution in [0.4, 0.5) is 12.9 Å². The zero-order chi connectivity index (χ0) is 5.21. The van der Waals surface area contributed by atoms with Crippen LogP contribution in [0, 0.1) is 0 Å². The number of carbonyl (C=O) groups excluding carboxylic acids is 1. The first kappa shape index (κ1) is 5.52. The summed E-state index contributed by atoms with van der Waals surface area (Å²) in [6.45, 7) is 2.16. The van der Waals surface area contributed by atoms with Crippen molar-refractivity contribution in [2.75, 3.05) is 0 Å². The Labute approximate surface area is 32.6 Å². The van der Waals surface area contributed by atoms with Gasteiger partial charge in [0.25, 0.3) is 0 Å². The Hall–Kier alpha value is -0.475. The highest BCUT2D eigenvalue weighted by atomic mass is 19.4. The topological polar surface area (TPSA) is 11.3 Å². The number of halogens is 3. The lowest BCUT2D eigenvalue weighted by Crippen LogP contribution is -2.14. The lowest BCUT2D eigenvalue weighted by atomic mass is 10.3. The van der Waals surface area contributed by atoms with Crippen molar-refractivity contribution in [2.45, 2.75) is 0 Å². The van der Waals surface area contributed by atoms with Gasteiger partial charge >= 0.3 is 7.18 Å². The minimum atomic E-state index is -5.10. The van der Waals surface area contributed by atoms with Gasteiger partial charge in [-0.2, -0.15) is 0 Å². The standard InChI is InChI=1S/CH2BF3O/c1-6-2(3,4)5/h1H2. The molecular formula is CH2BF3O. The first-order chi connectivity index (χ1) is 2.56. The molecule has 0 heterocycles. The SMILES string of the molecule is C=[O+][B-](F)(F)F. The van der Waals surface area contributed by atoms with E-state index >= 15 is 0 Å². The molecular weight excluding hydrogens is 95.8 g/mol. The number of hydrogen-bond donors (Lipinski definition) is 0. The van der Waals surface area contributed by atoms with Gasteiger partial charge in [-0.15, -0.1) is 0 Å². The Kier molecular flexibility index (Phi) is 1.22. The molecule has 0 unspecified atom stereocenters. The quantitative estimate of drug-likeness (QED) is 0.337. The molecule has 0 rings (SSSR count). The van der Waals surface area contributed by atoms with Crippen molar-refractivity contribution in [1.82, 2.24) is 0 Å². The molecule has 5 heteroatoms. The van der Waals surface area contributed by atoms with Crippen molar-refractivity contribution in [3.8, 4) is 0 Å². The summed E-state index contributed by atoms with van der Waals surface area (Å²) in [5.74, 6) is 0. The molecule has 0 radical (unpaired) electrons. The lowest BCUT2D eigenvalue weighted by molar-refractivity contribution is -0.341. The third-order valence-corrected chi connectivity index (χ3v) is 0.189. The van der Waals surface area contributed by atoms with E-state index in [1.165, 1.54) is 0 Å². The highest BCUT2D eigenvalue weighted by Crippen LogP contribution is 2.02. The molecule has 0 amide bonds. The molecule has 0 saturated carbocycles. The summed E-state index contributed by atoms with van der Waals surface area (Å²) in [6, 6.07) is 0. The van der Waals surface area contributed by atoms with Gasteiger partial charge in [-0.1, -0.05) is 0 Å². The Balaban J connectivity index is 3.45. The second kappa shape index (κ2) is 1.32. The summed E-state index contributed by atoms with van der Waals surface area (Å²) in [5.41, 5.74) is 0. The van der Waals surface area contributed by atoms with Crippen LogP contribution in [-0.4, -0.2) is 14.0 Å². The van der Waals surface area contributed by atoms with E-state index in [0.29, 0.717) is 0 Å². The Morgan fingerprint density at radius 1 is 1.33 bits per heavy atom. The fraction of sp³-hybridized carbons (Fsp3) is 0. The van der Waals surface area contributed by atoms with Gasteiger partial charge in [-0.25, -0.2) is 0 Å². The average Bonchev–Trinajstić information content (AvgIpc) is 1.35. The molecule has 6 heavy (non-hydrogen) atoms. The maximum Gasteiger partial charge on any atom is 0.970 e. The van der Waals surface area contributed by atoms with Crippen LogP contribution in [0.5, 0.6) is 0 Å². The van der Waals surface area contributed by atoms with Crippen molar-refractivity contribution < 1.29 is 17.3 Å². The fourth-order valence-electron chi connectivity index (χ4n) is 0. The summed E-state index contributed by atoms with van der Waals surface area (Å²) in [4.78, 5) is 0. The molecule has 0 saturated heterocycles. The molecule has 0 aromatic rings. The van der Waals surface area contributed by atoms with Gasteiger partial charge in [0.2, 0.25) is 6.79 Å². The summed E-state index contributed by atoms with van der Waals surface area (Å²) < 4.78 is 34.4. The van der Waals surface area contributed by atoms with Gasteiger partial charge in [-0.05, 0) is 0 Å². The maximum atomic E-state index is 10.6. The van der Waals surface area contributed by atoms with Crippen LogP contribution < -0.4 is 0 Å². The molecule has 0 aliphatic heterocycles. The van der Waals surface area contributed by atoms with Gasteiger partial charge < -0.3 is 17.3 Å². The Bertz CT molecular complexity index is 56.3. The highest BCUT2D eigenvalue weighted by molar-refractivity contribution is 6.48. The molecule has 0 fully saturated rings. The van der Waals surface area contributed by atoms with Gasteiger partial charge in [0.1, 0.15) is 0 Å². The second-order valence-electron chi connectivity index (χ2n) is 0.681. The molecule has 0 bridgehead atoms. The zero-order valence-electron chi connectivity index (χ0n) is 2.83. The van der Waals surface area contributed by atoms with E-state index in [9.17, 15) is 12.9 Å². The van der Waals surface area contributed by atoms with Crippen LogP contribution in [0.15, 0.2) is 0 Å². The monoisotopic (exact) mass is 98.0 g/mol. The predicted octanol–water partition coefficient (Wildman–Crippen LogP) is 0.695. The summed E-state index contributed by atoms with van der Waals surface area (Å²) in [6.07, 6.45) is 0. The van der Waals surface area contributed by atoms with Gasteiger partial charge in [0.05, 0.1) is 0 Å². The van der Waals surface area contributed by atoms with Crippen molar-refractivity contribution >= 4 is 14.0 Å². The van der Waals surface area contributed by atoms with Crippen LogP contribution >= 0.6 is 0 Å². The molecule has 1 nitrogen and oxygen atoms in total. The molecule has 0 spiro atoms. The first-order valence-corrected chi connectivity index (χ1v) is 1.18. The largest absolute Gasteiger partial charge is 0.970 e. The average molecular weight is 97.8 g/mol. The first-order valence-electron chi connectivity index (χ1n) is 1.18. The fourth-order valence-corrected chi connectivity index (χ4v) is 0. The summed E-state index contributed by atoms with van der Waals surface area (Å²) in [7, 11) is -5.10. The molecule has 0 aromatic carbocycles. The third-order valence-electron chi connectivity index (χ3n) is 0.189. The normalized spacial score (nSPS) is 11.2. The summed E-state index contributed by atoms with van der Waals surface area (Å²) >= 11 is 0. The minimum Gasteiger partial charge on any atom is -0.458 e. The van der Waals surface area contributed by atoms with E-state index in [4.69, 9.17) is 0 Å². The van der Waals surface area contributed by atoms with Crippen LogP contribution in [0.3, 0.4) is 0 Å². The zero-order valence-corrected chi connectivity index (χ0v) is 2.83. The van der Waals surface area contributed by atoms with Crippen LogP contribution in [-0.2, 0) is 4.34 Å². The molecule has 0 aliphatic carbocycles. The lowest BCUT2D eigenvalue weighted by Gasteiger charge is -1.86. The van der Waals surface area contributed by atoms with E-state index in [2.05, 4.69) is 11.1 Å². The Morgan fingerprint density at radius 3 is 1.50 bits per heavy atom.